The van der Waals surface area contributed by atoms with Gasteiger partial charge in [0.05, 0.1) is 17.8 Å². The van der Waals surface area contributed by atoms with Crippen molar-refractivity contribution in [3.8, 4) is 17.2 Å². The van der Waals surface area contributed by atoms with E-state index >= 15 is 0 Å². The fourth-order valence-electron chi connectivity index (χ4n) is 3.40. The molecule has 166 valence electrons. The van der Waals surface area contributed by atoms with Crippen molar-refractivity contribution >= 4 is 28.2 Å². The minimum atomic E-state index is -0.285. The van der Waals surface area contributed by atoms with Crippen molar-refractivity contribution in [2.45, 2.75) is 38.1 Å². The molecule has 0 aliphatic heterocycles. The van der Waals surface area contributed by atoms with Gasteiger partial charge in [-0.05, 0) is 58.6 Å². The molecule has 7 nitrogen and oxygen atoms in total. The van der Waals surface area contributed by atoms with E-state index < -0.39 is 0 Å². The highest BCUT2D eigenvalue weighted by Gasteiger charge is 2.15. The van der Waals surface area contributed by atoms with Crippen molar-refractivity contribution < 1.29 is 19.0 Å². The molecule has 0 saturated heterocycles. The van der Waals surface area contributed by atoms with Gasteiger partial charge in [0.1, 0.15) is 19.0 Å². The standard InChI is InChI=1S/C23H28BrN3O4/c1-29-21-15-17(16-25-27-23(28)26-18-8-4-2-5-9-18)14-20(24)22(21)31-13-12-30-19-10-6-3-7-11-19/h3,6-7,10-11,14-16,18H,2,4-5,8-9,12-13H2,1H3,(H2,26,27,28)/b25-16+. The number of carbonyl (C=O) groups is 1. The van der Waals surface area contributed by atoms with Crippen LogP contribution in [0.2, 0.25) is 0 Å². The van der Waals surface area contributed by atoms with Crippen LogP contribution in [0.15, 0.2) is 52.0 Å². The fraction of sp³-hybridized carbons (Fsp3) is 0.391. The van der Waals surface area contributed by atoms with Crippen LogP contribution in [-0.2, 0) is 0 Å². The van der Waals surface area contributed by atoms with Gasteiger partial charge in [0.2, 0.25) is 0 Å². The van der Waals surface area contributed by atoms with E-state index in [2.05, 4.69) is 31.8 Å². The first-order chi connectivity index (χ1) is 15.2. The number of hydrazone groups is 1. The number of rotatable bonds is 9. The number of hydrogen-bond donors (Lipinski definition) is 2. The minimum absolute atomic E-state index is 0.237. The third-order valence-corrected chi connectivity index (χ3v) is 5.50. The number of nitrogens with zero attached hydrogens (tertiary/aromatic N) is 1. The molecule has 0 heterocycles. The van der Waals surface area contributed by atoms with Gasteiger partial charge < -0.3 is 19.5 Å². The Morgan fingerprint density at radius 1 is 1.13 bits per heavy atom. The second-order valence-electron chi connectivity index (χ2n) is 7.22. The van der Waals surface area contributed by atoms with Gasteiger partial charge >= 0.3 is 6.03 Å². The van der Waals surface area contributed by atoms with Gasteiger partial charge in [0.15, 0.2) is 11.5 Å². The SMILES string of the molecule is COc1cc(/C=N/NC(=O)NC2CCCCC2)cc(Br)c1OCCOc1ccccc1. The van der Waals surface area contributed by atoms with Crippen LogP contribution in [-0.4, -0.2) is 38.6 Å². The second-order valence-corrected chi connectivity index (χ2v) is 8.08. The van der Waals surface area contributed by atoms with Crippen molar-refractivity contribution in [1.82, 2.24) is 10.7 Å². The normalized spacial score (nSPS) is 14.3. The number of methoxy groups -OCH3 is 1. The molecule has 1 aliphatic carbocycles. The topological polar surface area (TPSA) is 81.2 Å². The van der Waals surface area contributed by atoms with Gasteiger partial charge in [-0.1, -0.05) is 37.5 Å². The zero-order chi connectivity index (χ0) is 21.9. The van der Waals surface area contributed by atoms with Crippen LogP contribution in [0.5, 0.6) is 17.2 Å². The first-order valence-corrected chi connectivity index (χ1v) is 11.2. The lowest BCUT2D eigenvalue weighted by Crippen LogP contribution is -2.41. The molecule has 0 bridgehead atoms. The summed E-state index contributed by atoms with van der Waals surface area (Å²) in [5.41, 5.74) is 3.28. The average Bonchev–Trinajstić information content (AvgIpc) is 2.79. The number of ether oxygens (including phenoxy) is 3. The van der Waals surface area contributed by atoms with E-state index in [1.165, 1.54) is 6.42 Å². The Kier molecular flexibility index (Phi) is 9.02. The highest BCUT2D eigenvalue weighted by atomic mass is 79.9. The molecule has 2 amide bonds. The van der Waals surface area contributed by atoms with Gasteiger partial charge in [-0.25, -0.2) is 10.2 Å². The van der Waals surface area contributed by atoms with Crippen molar-refractivity contribution in [2.24, 2.45) is 5.10 Å². The van der Waals surface area contributed by atoms with E-state index in [0.29, 0.717) is 24.7 Å². The first-order valence-electron chi connectivity index (χ1n) is 10.4. The number of nitrogens with one attached hydrogen (secondary N) is 2. The Labute approximate surface area is 191 Å². The van der Waals surface area contributed by atoms with Gasteiger partial charge in [-0.2, -0.15) is 5.10 Å². The molecule has 31 heavy (non-hydrogen) atoms. The summed E-state index contributed by atoms with van der Waals surface area (Å²) in [6.07, 6.45) is 7.19. The molecular formula is C23H28BrN3O4. The number of para-hydroxylation sites is 1. The highest BCUT2D eigenvalue weighted by Crippen LogP contribution is 2.36. The van der Waals surface area contributed by atoms with E-state index in [1.54, 1.807) is 19.4 Å². The van der Waals surface area contributed by atoms with Gasteiger partial charge in [0.25, 0.3) is 0 Å². The summed E-state index contributed by atoms with van der Waals surface area (Å²) >= 11 is 3.52. The smallest absolute Gasteiger partial charge is 0.335 e. The molecule has 2 N–H and O–H groups in total. The van der Waals surface area contributed by atoms with Crippen LogP contribution in [0, 0.1) is 0 Å². The van der Waals surface area contributed by atoms with Crippen LogP contribution in [0.3, 0.4) is 0 Å². The molecule has 2 aromatic carbocycles. The average molecular weight is 490 g/mol. The number of benzene rings is 2. The molecule has 1 fully saturated rings. The zero-order valence-corrected chi connectivity index (χ0v) is 19.2. The Morgan fingerprint density at radius 2 is 1.87 bits per heavy atom. The van der Waals surface area contributed by atoms with Crippen LogP contribution in [0.4, 0.5) is 4.79 Å². The monoisotopic (exact) mass is 489 g/mol. The van der Waals surface area contributed by atoms with Gasteiger partial charge in [-0.15, -0.1) is 0 Å². The maximum Gasteiger partial charge on any atom is 0.335 e. The maximum absolute atomic E-state index is 12.0. The Balaban J connectivity index is 1.50. The van der Waals surface area contributed by atoms with Crippen molar-refractivity contribution in [3.63, 3.8) is 0 Å². The lowest BCUT2D eigenvalue weighted by Gasteiger charge is -2.22. The zero-order valence-electron chi connectivity index (χ0n) is 17.6. The van der Waals surface area contributed by atoms with Gasteiger partial charge in [0, 0.05) is 6.04 Å². The molecule has 0 spiro atoms. The number of urea groups is 1. The molecule has 0 aromatic heterocycles. The Morgan fingerprint density at radius 3 is 2.61 bits per heavy atom. The molecule has 0 radical (unpaired) electrons. The van der Waals surface area contributed by atoms with Crippen LogP contribution in [0.1, 0.15) is 37.7 Å². The lowest BCUT2D eigenvalue weighted by atomic mass is 9.96. The number of halogens is 1. The predicted octanol–water partition coefficient (Wildman–Crippen LogP) is 4.88. The Hall–Kier alpha value is -2.74. The fourth-order valence-corrected chi connectivity index (χ4v) is 3.98. The summed E-state index contributed by atoms with van der Waals surface area (Å²) in [7, 11) is 1.58. The van der Waals surface area contributed by atoms with Crippen LogP contribution in [0.25, 0.3) is 0 Å². The highest BCUT2D eigenvalue weighted by molar-refractivity contribution is 9.10. The number of amides is 2. The quantitative estimate of drug-likeness (QED) is 0.298. The first kappa shape index (κ1) is 22.9. The third-order valence-electron chi connectivity index (χ3n) is 4.91. The molecule has 1 aliphatic rings. The summed E-state index contributed by atoms with van der Waals surface area (Å²) in [5, 5.41) is 7.00. The lowest BCUT2D eigenvalue weighted by molar-refractivity contribution is 0.210. The second kappa shape index (κ2) is 12.2. The van der Waals surface area contributed by atoms with E-state index in [1.807, 2.05) is 36.4 Å². The molecule has 2 aromatic rings. The Bertz CT molecular complexity index is 871. The van der Waals surface area contributed by atoms with Crippen LogP contribution < -0.4 is 25.0 Å². The number of carbonyl (C=O) groups excluding carboxylic acids is 1. The molecular weight excluding hydrogens is 462 g/mol. The largest absolute Gasteiger partial charge is 0.493 e. The summed E-state index contributed by atoms with van der Waals surface area (Å²) < 4.78 is 17.7. The van der Waals surface area contributed by atoms with Gasteiger partial charge in [-0.3, -0.25) is 0 Å². The van der Waals surface area contributed by atoms with E-state index in [0.717, 1.165) is 41.5 Å². The molecule has 0 atom stereocenters. The molecule has 8 heteroatoms. The van der Waals surface area contributed by atoms with E-state index in [4.69, 9.17) is 14.2 Å². The summed E-state index contributed by atoms with van der Waals surface area (Å²) in [6.45, 7) is 0.767. The maximum atomic E-state index is 12.0. The van der Waals surface area contributed by atoms with E-state index in [-0.39, 0.29) is 12.1 Å². The van der Waals surface area contributed by atoms with Crippen LogP contribution >= 0.6 is 15.9 Å². The predicted molar refractivity (Wildman–Crippen MR) is 124 cm³/mol. The minimum Gasteiger partial charge on any atom is -0.493 e. The van der Waals surface area contributed by atoms with Crippen molar-refractivity contribution in [2.75, 3.05) is 20.3 Å². The van der Waals surface area contributed by atoms with E-state index in [9.17, 15) is 4.79 Å². The molecule has 0 unspecified atom stereocenters. The molecule has 3 rings (SSSR count). The molecule has 1 saturated carbocycles. The summed E-state index contributed by atoms with van der Waals surface area (Å²) in [5.74, 6) is 1.94. The summed E-state index contributed by atoms with van der Waals surface area (Å²) in [4.78, 5) is 12.0. The summed E-state index contributed by atoms with van der Waals surface area (Å²) in [6, 6.07) is 13.2. The number of hydrogen-bond acceptors (Lipinski definition) is 5. The van der Waals surface area contributed by atoms with Crippen molar-refractivity contribution in [3.05, 3.63) is 52.5 Å². The third kappa shape index (κ3) is 7.47. The van der Waals surface area contributed by atoms with Crippen molar-refractivity contribution in [1.29, 1.82) is 0 Å².